The molecule has 104 valence electrons. The number of anilines is 1. The Kier molecular flexibility index (Phi) is 3.84. The van der Waals surface area contributed by atoms with Crippen LogP contribution in [-0.2, 0) is 4.79 Å². The topological polar surface area (TPSA) is 116 Å². The molecule has 1 aromatic carbocycles. The van der Waals surface area contributed by atoms with Gasteiger partial charge in [0.15, 0.2) is 0 Å². The molecule has 0 saturated heterocycles. The van der Waals surface area contributed by atoms with Crippen LogP contribution in [0.3, 0.4) is 0 Å². The third-order valence-corrected chi connectivity index (χ3v) is 3.46. The highest BCUT2D eigenvalue weighted by molar-refractivity contribution is 5.71. The highest BCUT2D eigenvalue weighted by Crippen LogP contribution is 2.32. The average molecular weight is 275 g/mol. The molecule has 0 amide bonds. The molecule has 0 radical (unpaired) electrons. The van der Waals surface area contributed by atoms with Gasteiger partial charge in [0.2, 0.25) is 0 Å². The van der Waals surface area contributed by atoms with Crippen LogP contribution in [0.15, 0.2) is 18.2 Å². The first-order valence-electron chi connectivity index (χ1n) is 6.19. The van der Waals surface area contributed by atoms with E-state index in [1.54, 1.807) is 0 Å². The number of carbonyl (C=O) groups is 1. The van der Waals surface area contributed by atoms with Crippen LogP contribution in [0.2, 0.25) is 0 Å². The number of nitrogens with zero attached hydrogens (tertiary/aromatic N) is 2. The van der Waals surface area contributed by atoms with Crippen molar-refractivity contribution < 1.29 is 14.8 Å². The van der Waals surface area contributed by atoms with Crippen LogP contribution < -0.4 is 5.32 Å². The zero-order valence-electron chi connectivity index (χ0n) is 10.6. The van der Waals surface area contributed by atoms with Gasteiger partial charge in [-0.15, -0.1) is 0 Å². The Morgan fingerprint density at radius 3 is 2.80 bits per heavy atom. The number of nitro groups is 1. The molecule has 0 aliphatic heterocycles. The number of rotatable bonds is 4. The van der Waals surface area contributed by atoms with Gasteiger partial charge in [-0.05, 0) is 31.4 Å². The van der Waals surface area contributed by atoms with Crippen molar-refractivity contribution in [1.29, 1.82) is 5.26 Å². The molecule has 2 unspecified atom stereocenters. The van der Waals surface area contributed by atoms with Gasteiger partial charge in [-0.25, -0.2) is 0 Å². The summed E-state index contributed by atoms with van der Waals surface area (Å²) in [5, 5.41) is 31.7. The molecule has 0 aromatic heterocycles. The molecule has 2 N–H and O–H groups in total. The Hall–Kier alpha value is -2.62. The van der Waals surface area contributed by atoms with Crippen LogP contribution in [-0.4, -0.2) is 22.0 Å². The zero-order chi connectivity index (χ0) is 14.7. The van der Waals surface area contributed by atoms with Crippen molar-refractivity contribution in [3.63, 3.8) is 0 Å². The number of nitro benzene ring substituents is 1. The summed E-state index contributed by atoms with van der Waals surface area (Å²) in [4.78, 5) is 21.3. The smallest absolute Gasteiger partial charge is 0.306 e. The zero-order valence-corrected chi connectivity index (χ0v) is 10.6. The standard InChI is InChI=1S/C13H13N3O4/c14-7-8-1-4-12(16(19)20)11(5-8)15-10-3-2-9(6-10)13(17)18/h1,4-5,9-10,15H,2-3,6H2,(H,17,18). The third-order valence-electron chi connectivity index (χ3n) is 3.46. The molecule has 7 nitrogen and oxygen atoms in total. The average Bonchev–Trinajstić information content (AvgIpc) is 2.87. The summed E-state index contributed by atoms with van der Waals surface area (Å²) >= 11 is 0. The molecule has 0 heterocycles. The molecule has 20 heavy (non-hydrogen) atoms. The monoisotopic (exact) mass is 275 g/mol. The fraction of sp³-hybridized carbons (Fsp3) is 0.385. The van der Waals surface area contributed by atoms with Crippen LogP contribution in [0.25, 0.3) is 0 Å². The second-order valence-corrected chi connectivity index (χ2v) is 4.79. The van der Waals surface area contributed by atoms with E-state index in [1.165, 1.54) is 18.2 Å². The molecule has 1 aromatic rings. The molecule has 7 heteroatoms. The summed E-state index contributed by atoms with van der Waals surface area (Å²) in [7, 11) is 0. The van der Waals surface area contributed by atoms with Gasteiger partial charge in [-0.2, -0.15) is 5.26 Å². The van der Waals surface area contributed by atoms with Crippen LogP contribution in [0.4, 0.5) is 11.4 Å². The molecule has 0 bridgehead atoms. The number of aliphatic carboxylic acids is 1. The number of hydrogen-bond donors (Lipinski definition) is 2. The first-order valence-corrected chi connectivity index (χ1v) is 6.19. The van der Waals surface area contributed by atoms with Crippen molar-refractivity contribution >= 4 is 17.3 Å². The number of carboxylic acid groups (broad SMARTS) is 1. The molecule has 1 aliphatic rings. The lowest BCUT2D eigenvalue weighted by atomic mass is 10.1. The highest BCUT2D eigenvalue weighted by Gasteiger charge is 2.30. The van der Waals surface area contributed by atoms with E-state index in [2.05, 4.69) is 5.32 Å². The van der Waals surface area contributed by atoms with Crippen LogP contribution >= 0.6 is 0 Å². The van der Waals surface area contributed by atoms with E-state index >= 15 is 0 Å². The molecule has 2 atom stereocenters. The lowest BCUT2D eigenvalue weighted by molar-refractivity contribution is -0.384. The first kappa shape index (κ1) is 13.8. The normalized spacial score (nSPS) is 21.1. The van der Waals surface area contributed by atoms with Crippen molar-refractivity contribution in [1.82, 2.24) is 0 Å². The maximum atomic E-state index is 11.0. The van der Waals surface area contributed by atoms with E-state index in [0.29, 0.717) is 24.8 Å². The summed E-state index contributed by atoms with van der Waals surface area (Å²) in [6, 6.07) is 5.90. The summed E-state index contributed by atoms with van der Waals surface area (Å²) in [5.41, 5.74) is 0.485. The summed E-state index contributed by atoms with van der Waals surface area (Å²) < 4.78 is 0. The molecule has 1 aliphatic carbocycles. The second-order valence-electron chi connectivity index (χ2n) is 4.79. The van der Waals surface area contributed by atoms with Gasteiger partial charge in [0, 0.05) is 12.1 Å². The number of nitriles is 1. The largest absolute Gasteiger partial charge is 0.481 e. The molecule has 0 spiro atoms. The summed E-state index contributed by atoms with van der Waals surface area (Å²) in [6.07, 6.45) is 1.63. The summed E-state index contributed by atoms with van der Waals surface area (Å²) in [5.74, 6) is -1.25. The minimum absolute atomic E-state index is 0.109. The van der Waals surface area contributed by atoms with E-state index in [4.69, 9.17) is 10.4 Å². The Morgan fingerprint density at radius 2 is 2.25 bits per heavy atom. The summed E-state index contributed by atoms with van der Waals surface area (Å²) in [6.45, 7) is 0. The van der Waals surface area contributed by atoms with E-state index in [-0.39, 0.29) is 17.4 Å². The molecule has 2 rings (SSSR count). The van der Waals surface area contributed by atoms with Crippen molar-refractivity contribution in [2.24, 2.45) is 5.92 Å². The van der Waals surface area contributed by atoms with Crippen LogP contribution in [0.5, 0.6) is 0 Å². The lowest BCUT2D eigenvalue weighted by Crippen LogP contribution is -2.18. The Labute approximate surface area is 115 Å². The maximum absolute atomic E-state index is 11.0. The van der Waals surface area contributed by atoms with E-state index in [0.717, 1.165) is 0 Å². The Balaban J connectivity index is 2.18. The molecule has 1 saturated carbocycles. The quantitative estimate of drug-likeness (QED) is 0.642. The fourth-order valence-electron chi connectivity index (χ4n) is 2.44. The second kappa shape index (κ2) is 5.57. The van der Waals surface area contributed by atoms with Crippen molar-refractivity contribution in [2.75, 3.05) is 5.32 Å². The fourth-order valence-corrected chi connectivity index (χ4v) is 2.44. The van der Waals surface area contributed by atoms with Crippen LogP contribution in [0, 0.1) is 27.4 Å². The first-order chi connectivity index (χ1) is 9.51. The van der Waals surface area contributed by atoms with Crippen molar-refractivity contribution in [2.45, 2.75) is 25.3 Å². The van der Waals surface area contributed by atoms with Crippen molar-refractivity contribution in [3.8, 4) is 6.07 Å². The number of nitrogens with one attached hydrogen (secondary N) is 1. The molecular weight excluding hydrogens is 262 g/mol. The maximum Gasteiger partial charge on any atom is 0.306 e. The lowest BCUT2D eigenvalue weighted by Gasteiger charge is -2.14. The number of benzene rings is 1. The molecular formula is C13H13N3O4. The minimum atomic E-state index is -0.838. The van der Waals surface area contributed by atoms with Gasteiger partial charge >= 0.3 is 5.97 Å². The van der Waals surface area contributed by atoms with Gasteiger partial charge in [0.05, 0.1) is 22.5 Å². The van der Waals surface area contributed by atoms with Gasteiger partial charge in [-0.1, -0.05) is 0 Å². The van der Waals surface area contributed by atoms with Gasteiger partial charge < -0.3 is 10.4 Å². The van der Waals surface area contributed by atoms with E-state index < -0.39 is 16.8 Å². The highest BCUT2D eigenvalue weighted by atomic mass is 16.6. The SMILES string of the molecule is N#Cc1ccc([N+](=O)[O-])c(NC2CCC(C(=O)O)C2)c1. The predicted octanol–water partition coefficient (Wildman–Crippen LogP) is 2.13. The predicted molar refractivity (Wildman–Crippen MR) is 70.2 cm³/mol. The minimum Gasteiger partial charge on any atom is -0.481 e. The van der Waals surface area contributed by atoms with Gasteiger partial charge in [0.1, 0.15) is 5.69 Å². The number of carboxylic acids is 1. The van der Waals surface area contributed by atoms with Gasteiger partial charge in [-0.3, -0.25) is 14.9 Å². The Bertz CT molecular complexity index is 594. The number of hydrogen-bond acceptors (Lipinski definition) is 5. The van der Waals surface area contributed by atoms with E-state index in [1.807, 2.05) is 6.07 Å². The van der Waals surface area contributed by atoms with Crippen LogP contribution in [0.1, 0.15) is 24.8 Å². The van der Waals surface area contributed by atoms with Crippen molar-refractivity contribution in [3.05, 3.63) is 33.9 Å². The third kappa shape index (κ3) is 2.85. The Morgan fingerprint density at radius 1 is 1.50 bits per heavy atom. The van der Waals surface area contributed by atoms with Gasteiger partial charge in [0.25, 0.3) is 5.69 Å². The molecule has 1 fully saturated rings. The van der Waals surface area contributed by atoms with E-state index in [9.17, 15) is 14.9 Å².